The molecule has 1 amide bonds. The Morgan fingerprint density at radius 3 is 2.17 bits per heavy atom. The van der Waals surface area contributed by atoms with E-state index in [1.54, 1.807) is 0 Å². The molecule has 0 aliphatic rings. The van der Waals surface area contributed by atoms with Crippen LogP contribution in [0.25, 0.3) is 4.85 Å². The van der Waals surface area contributed by atoms with Gasteiger partial charge in [-0.15, -0.1) is 0 Å². The number of benzene rings is 1. The normalized spacial score (nSPS) is 12.7. The van der Waals surface area contributed by atoms with Gasteiger partial charge in [-0.3, -0.25) is 4.79 Å². The van der Waals surface area contributed by atoms with Gasteiger partial charge in [0.15, 0.2) is 0 Å². The van der Waals surface area contributed by atoms with Crippen molar-refractivity contribution < 1.29 is 40.7 Å². The number of imidazole rings is 1. The Balaban J connectivity index is 2.49. The molecule has 0 aliphatic carbocycles. The Hall–Kier alpha value is -3.56. The molecule has 1 atom stereocenters. The van der Waals surface area contributed by atoms with Crippen molar-refractivity contribution in [3.63, 3.8) is 0 Å². The van der Waals surface area contributed by atoms with E-state index < -0.39 is 52.6 Å². The Bertz CT molecular complexity index is 942. The smallest absolute Gasteiger partial charge is 0.424 e. The summed E-state index contributed by atoms with van der Waals surface area (Å²) in [4.78, 5) is 33.3. The number of nitrogens with zero attached hydrogens (tertiary/aromatic N) is 2. The number of carbonyl (C=O) groups excluding carboxylic acids is 2. The predicted octanol–water partition coefficient (Wildman–Crippen LogP) is 3.56. The molecule has 0 saturated carbocycles. The van der Waals surface area contributed by atoms with Crippen molar-refractivity contribution in [1.82, 2.24) is 15.3 Å². The number of hydrogen-bond donors (Lipinski definition) is 2. The zero-order chi connectivity index (χ0) is 22.7. The Labute approximate surface area is 164 Å². The van der Waals surface area contributed by atoms with E-state index in [2.05, 4.69) is 24.9 Å². The van der Waals surface area contributed by atoms with Gasteiger partial charge in [0.2, 0.25) is 0 Å². The maximum atomic E-state index is 13.2. The SMILES string of the molecule is C#[N+]c1c(C(F)(F)F)cc(C(=O)N[C@H](Cc2cnc[nH]2)C(=O)OC)cc1C(F)(F)F. The maximum absolute atomic E-state index is 13.2. The number of aromatic amines is 1. The topological polar surface area (TPSA) is 88.4 Å². The highest BCUT2D eigenvalue weighted by molar-refractivity contribution is 5.98. The number of esters is 1. The third kappa shape index (κ3) is 5.07. The number of aromatic nitrogens is 2. The van der Waals surface area contributed by atoms with Crippen LogP contribution in [-0.4, -0.2) is 35.0 Å². The molecule has 1 aromatic carbocycles. The Morgan fingerprint density at radius 2 is 1.77 bits per heavy atom. The summed E-state index contributed by atoms with van der Waals surface area (Å²) in [5, 5.41) is 2.06. The van der Waals surface area contributed by atoms with Gasteiger partial charge in [0.1, 0.15) is 17.2 Å². The largest absolute Gasteiger partial charge is 0.467 e. The highest BCUT2D eigenvalue weighted by Crippen LogP contribution is 2.45. The van der Waals surface area contributed by atoms with E-state index >= 15 is 0 Å². The average Bonchev–Trinajstić information content (AvgIpc) is 3.17. The van der Waals surface area contributed by atoms with E-state index in [9.17, 15) is 35.9 Å². The minimum atomic E-state index is -5.29. The van der Waals surface area contributed by atoms with Gasteiger partial charge in [-0.2, -0.15) is 26.3 Å². The van der Waals surface area contributed by atoms with Gasteiger partial charge in [-0.05, 0) is 17.0 Å². The molecule has 1 heterocycles. The van der Waals surface area contributed by atoms with Crippen molar-refractivity contribution in [3.05, 3.63) is 51.9 Å². The molecule has 2 rings (SSSR count). The monoisotopic (exact) mass is 435 g/mol. The van der Waals surface area contributed by atoms with Crippen molar-refractivity contribution in [2.75, 3.05) is 7.11 Å². The Kier molecular flexibility index (Phi) is 6.39. The summed E-state index contributed by atoms with van der Waals surface area (Å²) < 4.78 is 84.0. The molecular weight excluding hydrogens is 422 g/mol. The second kappa shape index (κ2) is 8.44. The van der Waals surface area contributed by atoms with Crippen LogP contribution in [-0.2, 0) is 28.3 Å². The van der Waals surface area contributed by atoms with Gasteiger partial charge in [0.25, 0.3) is 12.5 Å². The number of carbonyl (C=O) groups is 2. The van der Waals surface area contributed by atoms with E-state index in [-0.39, 0.29) is 18.6 Å². The molecule has 13 heteroatoms. The molecule has 160 valence electrons. The fraction of sp³-hybridized carbons (Fsp3) is 0.294. The molecular formula is C17H13F6N4O3+. The third-order valence-electron chi connectivity index (χ3n) is 3.88. The molecule has 0 saturated heterocycles. The van der Waals surface area contributed by atoms with Crippen molar-refractivity contribution in [1.29, 1.82) is 0 Å². The van der Waals surface area contributed by atoms with Gasteiger partial charge in [0.05, 0.1) is 13.4 Å². The lowest BCUT2D eigenvalue weighted by atomic mass is 10.0. The fourth-order valence-electron chi connectivity index (χ4n) is 2.53. The first-order valence-corrected chi connectivity index (χ1v) is 7.97. The van der Waals surface area contributed by atoms with Gasteiger partial charge in [-0.25, -0.2) is 9.78 Å². The predicted molar refractivity (Wildman–Crippen MR) is 90.0 cm³/mol. The highest BCUT2D eigenvalue weighted by atomic mass is 19.4. The van der Waals surface area contributed by atoms with Crippen LogP contribution in [0.2, 0.25) is 0 Å². The molecule has 1 aromatic heterocycles. The van der Waals surface area contributed by atoms with Crippen LogP contribution in [0.5, 0.6) is 0 Å². The first kappa shape index (κ1) is 22.7. The maximum Gasteiger partial charge on any atom is 0.424 e. The van der Waals surface area contributed by atoms with Gasteiger partial charge < -0.3 is 15.0 Å². The van der Waals surface area contributed by atoms with Crippen LogP contribution >= 0.6 is 0 Å². The summed E-state index contributed by atoms with van der Waals surface area (Å²) in [5.74, 6) is -2.34. The average molecular weight is 435 g/mol. The molecule has 0 bridgehead atoms. The molecule has 0 spiro atoms. The number of amides is 1. The number of H-pyrrole nitrogens is 1. The lowest BCUT2D eigenvalue weighted by molar-refractivity contribution is -0.143. The molecule has 2 N–H and O–H groups in total. The van der Waals surface area contributed by atoms with Crippen LogP contribution in [0.3, 0.4) is 0 Å². The number of methoxy groups -OCH3 is 1. The summed E-state index contributed by atoms with van der Waals surface area (Å²) in [5.41, 5.74) is -5.91. The molecule has 0 fully saturated rings. The molecule has 0 radical (unpaired) electrons. The molecule has 0 unspecified atom stereocenters. The summed E-state index contributed by atoms with van der Waals surface area (Å²) in [6, 6.07) is -1.08. The number of nitrogens with one attached hydrogen (secondary N) is 2. The second-order valence-corrected chi connectivity index (χ2v) is 5.87. The third-order valence-corrected chi connectivity index (χ3v) is 3.88. The van der Waals surface area contributed by atoms with Crippen LogP contribution in [0.15, 0.2) is 24.7 Å². The lowest BCUT2D eigenvalue weighted by Gasteiger charge is -2.17. The van der Waals surface area contributed by atoms with Crippen molar-refractivity contribution in [3.8, 4) is 6.57 Å². The zero-order valence-electron chi connectivity index (χ0n) is 15.1. The number of alkyl halides is 6. The summed E-state index contributed by atoms with van der Waals surface area (Å²) in [6.07, 6.45) is -8.19. The first-order valence-electron chi connectivity index (χ1n) is 7.97. The Morgan fingerprint density at radius 1 is 1.20 bits per heavy atom. The first-order chi connectivity index (χ1) is 13.9. The van der Waals surface area contributed by atoms with Crippen LogP contribution < -0.4 is 5.32 Å². The van der Waals surface area contributed by atoms with Gasteiger partial charge >= 0.3 is 24.0 Å². The van der Waals surface area contributed by atoms with Crippen molar-refractivity contribution in [2.45, 2.75) is 24.8 Å². The minimum absolute atomic E-state index is 0.167. The lowest BCUT2D eigenvalue weighted by Crippen LogP contribution is -2.43. The summed E-state index contributed by atoms with van der Waals surface area (Å²) in [7, 11) is 0.996. The number of halogens is 6. The second-order valence-electron chi connectivity index (χ2n) is 5.87. The number of rotatable bonds is 5. The van der Waals surface area contributed by atoms with E-state index in [4.69, 9.17) is 6.57 Å². The van der Waals surface area contributed by atoms with Gasteiger partial charge in [-0.1, -0.05) is 0 Å². The standard InChI is InChI=1S/C17H12F6N4O3/c1-24-13-10(16(18,19)20)3-8(4-11(13)17(21,22)23)14(28)27-12(15(29)30-2)5-9-6-25-7-26-9/h1,3-4,6-7,12H,5H2,2H3,(H-,25,26,27,28)/p+1/t12-/m1/s1. The van der Waals surface area contributed by atoms with E-state index in [0.717, 1.165) is 7.11 Å². The van der Waals surface area contributed by atoms with Crippen molar-refractivity contribution >= 4 is 17.6 Å². The molecule has 0 aliphatic heterocycles. The summed E-state index contributed by atoms with van der Waals surface area (Å²) >= 11 is 0. The fourth-order valence-corrected chi connectivity index (χ4v) is 2.53. The van der Waals surface area contributed by atoms with E-state index in [1.807, 2.05) is 0 Å². The number of hydrogen-bond acceptors (Lipinski definition) is 4. The van der Waals surface area contributed by atoms with E-state index in [1.165, 1.54) is 12.5 Å². The minimum Gasteiger partial charge on any atom is -0.467 e. The quantitative estimate of drug-likeness (QED) is 0.556. The molecule has 7 nitrogen and oxygen atoms in total. The van der Waals surface area contributed by atoms with Crippen LogP contribution in [0.1, 0.15) is 27.2 Å². The van der Waals surface area contributed by atoms with Crippen LogP contribution in [0, 0.1) is 6.57 Å². The van der Waals surface area contributed by atoms with Gasteiger partial charge in [0, 0.05) is 23.9 Å². The van der Waals surface area contributed by atoms with Crippen LogP contribution in [0.4, 0.5) is 32.0 Å². The summed E-state index contributed by atoms with van der Waals surface area (Å²) in [6.45, 7) is 4.74. The zero-order valence-corrected chi connectivity index (χ0v) is 15.1. The molecule has 30 heavy (non-hydrogen) atoms. The highest BCUT2D eigenvalue weighted by Gasteiger charge is 2.47. The molecule has 2 aromatic rings. The van der Waals surface area contributed by atoms with E-state index in [0.29, 0.717) is 5.69 Å². The number of ether oxygens (including phenoxy) is 1. The van der Waals surface area contributed by atoms with Crippen molar-refractivity contribution in [2.24, 2.45) is 0 Å².